The van der Waals surface area contributed by atoms with Gasteiger partial charge in [0, 0.05) is 0 Å². The third-order valence-electron chi connectivity index (χ3n) is 3.76. The van der Waals surface area contributed by atoms with Crippen molar-refractivity contribution in [3.05, 3.63) is 29.8 Å². The number of benzene rings is 1. The lowest BCUT2D eigenvalue weighted by Gasteiger charge is -2.31. The van der Waals surface area contributed by atoms with Gasteiger partial charge in [-0.25, -0.2) is 13.1 Å². The van der Waals surface area contributed by atoms with E-state index in [4.69, 9.17) is 0 Å². The first-order valence-electron chi connectivity index (χ1n) is 8.19. The number of sulfonamides is 1. The maximum atomic E-state index is 14.8. The molecule has 1 N–H and O–H groups in total. The predicted molar refractivity (Wildman–Crippen MR) is 98.0 cm³/mol. The highest BCUT2D eigenvalue weighted by atomic mass is 32.2. The number of halogens is 2. The van der Waals surface area contributed by atoms with Gasteiger partial charge in [0.05, 0.1) is 10.9 Å². The van der Waals surface area contributed by atoms with Crippen molar-refractivity contribution in [2.45, 2.75) is 63.7 Å². The lowest BCUT2D eigenvalue weighted by molar-refractivity contribution is -0.139. The Morgan fingerprint density at radius 1 is 1.16 bits per heavy atom. The van der Waals surface area contributed by atoms with Crippen molar-refractivity contribution in [2.75, 3.05) is 0 Å². The van der Waals surface area contributed by atoms with Gasteiger partial charge in [0.1, 0.15) is 8.07 Å². The number of nitrogens with one attached hydrogen (secondary N) is 1. The van der Waals surface area contributed by atoms with E-state index in [1.54, 1.807) is 32.9 Å². The van der Waals surface area contributed by atoms with Crippen LogP contribution in [0.4, 0.5) is 8.78 Å². The minimum Gasteiger partial charge on any atom is -0.299 e. The monoisotopic (exact) mass is 391 g/mol. The van der Waals surface area contributed by atoms with Crippen molar-refractivity contribution >= 4 is 23.5 Å². The Bertz CT molecular complexity index is 710. The third kappa shape index (κ3) is 5.69. The Kier molecular flexibility index (Phi) is 6.69. The molecule has 1 rings (SSSR count). The zero-order valence-corrected chi connectivity index (χ0v) is 17.4. The number of alkyl halides is 2. The van der Waals surface area contributed by atoms with Crippen LogP contribution in [0.3, 0.4) is 0 Å². The van der Waals surface area contributed by atoms with Gasteiger partial charge in [-0.05, 0) is 31.4 Å². The van der Waals surface area contributed by atoms with E-state index in [1.165, 1.54) is 31.8 Å². The summed E-state index contributed by atoms with van der Waals surface area (Å²) in [7, 11) is -6.95. The molecule has 0 aliphatic heterocycles. The van der Waals surface area contributed by atoms with E-state index in [0.29, 0.717) is 0 Å². The highest BCUT2D eigenvalue weighted by molar-refractivity contribution is 7.89. The fourth-order valence-electron chi connectivity index (χ4n) is 2.37. The number of rotatable bonds is 8. The number of aryl methyl sites for hydroxylation is 1. The molecule has 1 atom stereocenters. The van der Waals surface area contributed by atoms with Crippen LogP contribution in [-0.2, 0) is 14.8 Å². The molecule has 0 saturated heterocycles. The summed E-state index contributed by atoms with van der Waals surface area (Å²) in [6, 6.07) is 4.15. The molecule has 25 heavy (non-hydrogen) atoms. The van der Waals surface area contributed by atoms with Crippen LogP contribution in [0.2, 0.25) is 19.6 Å². The van der Waals surface area contributed by atoms with Crippen molar-refractivity contribution in [3.63, 3.8) is 0 Å². The number of hydrogen-bond donors (Lipinski definition) is 1. The maximum absolute atomic E-state index is 14.8. The summed E-state index contributed by atoms with van der Waals surface area (Å²) in [5.74, 6) is -3.95. The predicted octanol–water partition coefficient (Wildman–Crippen LogP) is 3.77. The summed E-state index contributed by atoms with van der Waals surface area (Å²) in [6.45, 7) is 9.81. The van der Waals surface area contributed by atoms with E-state index >= 15 is 0 Å². The summed E-state index contributed by atoms with van der Waals surface area (Å²) in [6.07, 6.45) is -0.131. The van der Waals surface area contributed by atoms with Gasteiger partial charge < -0.3 is 0 Å². The van der Waals surface area contributed by atoms with Gasteiger partial charge in [0.15, 0.2) is 5.41 Å². The summed E-state index contributed by atoms with van der Waals surface area (Å²) >= 11 is 0. The van der Waals surface area contributed by atoms with Crippen LogP contribution in [0.25, 0.3) is 0 Å². The minimum absolute atomic E-state index is 0.0943. The highest BCUT2D eigenvalue weighted by Gasteiger charge is 2.52. The van der Waals surface area contributed by atoms with Crippen LogP contribution < -0.4 is 4.72 Å². The molecule has 0 aliphatic rings. The summed E-state index contributed by atoms with van der Waals surface area (Å²) in [5, 5.41) is -1.14. The molecule has 0 bridgehead atoms. The Labute approximate surface area is 150 Å². The Hall–Kier alpha value is -1.12. The first-order chi connectivity index (χ1) is 11.2. The first kappa shape index (κ1) is 21.9. The smallest absolute Gasteiger partial charge is 0.299 e. The highest BCUT2D eigenvalue weighted by Crippen LogP contribution is 2.30. The maximum Gasteiger partial charge on any atom is 0.316 e. The molecule has 0 aliphatic carbocycles. The average Bonchev–Trinajstić information content (AvgIpc) is 2.44. The molecule has 8 heteroatoms. The fraction of sp³-hybridized carbons (Fsp3) is 0.588. The van der Waals surface area contributed by atoms with Crippen LogP contribution in [-0.4, -0.2) is 33.9 Å². The Balaban J connectivity index is 3.23. The van der Waals surface area contributed by atoms with Gasteiger partial charge in [-0.3, -0.25) is 4.79 Å². The topological polar surface area (TPSA) is 63.2 Å². The molecule has 0 saturated carbocycles. The van der Waals surface area contributed by atoms with E-state index in [-0.39, 0.29) is 17.2 Å². The second-order valence-electron chi connectivity index (χ2n) is 7.82. The molecular formula is C17H27F2NO3SSi. The molecule has 0 spiro atoms. The van der Waals surface area contributed by atoms with E-state index in [1.807, 2.05) is 0 Å². The van der Waals surface area contributed by atoms with Crippen LogP contribution in [0, 0.1) is 12.8 Å². The fourth-order valence-corrected chi connectivity index (χ4v) is 4.80. The average molecular weight is 392 g/mol. The molecule has 142 valence electrons. The zero-order valence-electron chi connectivity index (χ0n) is 15.6. The molecule has 1 aromatic rings. The Morgan fingerprint density at radius 2 is 1.64 bits per heavy atom. The van der Waals surface area contributed by atoms with Crippen molar-refractivity contribution in [3.8, 4) is 0 Å². The largest absolute Gasteiger partial charge is 0.316 e. The number of carbonyl (C=O) groups is 1. The molecule has 1 unspecified atom stereocenters. The molecule has 0 radical (unpaired) electrons. The normalized spacial score (nSPS) is 14.6. The first-order valence-corrected chi connectivity index (χ1v) is 13.2. The van der Waals surface area contributed by atoms with E-state index < -0.39 is 35.5 Å². The molecule has 0 amide bonds. The van der Waals surface area contributed by atoms with Gasteiger partial charge in [-0.1, -0.05) is 51.2 Å². The third-order valence-corrected chi connectivity index (χ3v) is 6.94. The molecule has 0 fully saturated rings. The second kappa shape index (κ2) is 7.63. The molecule has 1 aromatic carbocycles. The van der Waals surface area contributed by atoms with Gasteiger partial charge >= 0.3 is 5.92 Å². The Morgan fingerprint density at radius 3 is 2.04 bits per heavy atom. The van der Waals surface area contributed by atoms with Crippen LogP contribution in [0.5, 0.6) is 0 Å². The standard InChI is InChI=1S/C17H27F2NO3SSi/c1-12(2)11-15(17(18,19)16(21)25(4,5)6)20-24(22,23)14-9-7-13(3)8-10-14/h7-10,12,15,20H,11H2,1-6H3. The van der Waals surface area contributed by atoms with Crippen LogP contribution in [0.15, 0.2) is 29.2 Å². The molecule has 4 nitrogen and oxygen atoms in total. The quantitative estimate of drug-likeness (QED) is 0.686. The summed E-state index contributed by atoms with van der Waals surface area (Å²) < 4.78 is 56.7. The summed E-state index contributed by atoms with van der Waals surface area (Å²) in [4.78, 5) is 12.2. The van der Waals surface area contributed by atoms with Crippen molar-refractivity contribution in [1.82, 2.24) is 4.72 Å². The van der Waals surface area contributed by atoms with Crippen LogP contribution in [0.1, 0.15) is 25.8 Å². The van der Waals surface area contributed by atoms with Gasteiger partial charge in [0.2, 0.25) is 10.0 Å². The lowest BCUT2D eigenvalue weighted by atomic mass is 10.00. The lowest BCUT2D eigenvalue weighted by Crippen LogP contribution is -2.58. The number of carbonyl (C=O) groups excluding carboxylic acids is 1. The van der Waals surface area contributed by atoms with Crippen LogP contribution >= 0.6 is 0 Å². The zero-order chi connectivity index (χ0) is 19.6. The summed E-state index contributed by atoms with van der Waals surface area (Å²) in [5.41, 5.74) is 0.858. The van der Waals surface area contributed by atoms with E-state index in [9.17, 15) is 22.0 Å². The minimum atomic E-state index is -4.15. The van der Waals surface area contributed by atoms with Gasteiger partial charge in [-0.2, -0.15) is 8.78 Å². The van der Waals surface area contributed by atoms with Crippen molar-refractivity contribution in [1.29, 1.82) is 0 Å². The van der Waals surface area contributed by atoms with E-state index in [0.717, 1.165) is 5.56 Å². The second-order valence-corrected chi connectivity index (χ2v) is 14.5. The van der Waals surface area contributed by atoms with Crippen molar-refractivity contribution in [2.24, 2.45) is 5.92 Å². The molecule has 0 heterocycles. The van der Waals surface area contributed by atoms with E-state index in [2.05, 4.69) is 4.72 Å². The molecule has 0 aromatic heterocycles. The van der Waals surface area contributed by atoms with Gasteiger partial charge in [0.25, 0.3) is 0 Å². The van der Waals surface area contributed by atoms with Gasteiger partial charge in [-0.15, -0.1) is 0 Å². The molecular weight excluding hydrogens is 364 g/mol. The number of hydrogen-bond acceptors (Lipinski definition) is 3. The SMILES string of the molecule is Cc1ccc(S(=O)(=O)NC(CC(C)C)C(F)(F)C(=O)[Si](C)(C)C)cc1. The van der Waals surface area contributed by atoms with Crippen molar-refractivity contribution < 1.29 is 22.0 Å².